The summed E-state index contributed by atoms with van der Waals surface area (Å²) in [4.78, 5) is 33.8. The lowest BCUT2D eigenvalue weighted by Crippen LogP contribution is -2.44. The van der Waals surface area contributed by atoms with Gasteiger partial charge in [0.15, 0.2) is 0 Å². The fraction of sp³-hybridized carbons (Fsp3) is 0.267. The molecule has 0 saturated carbocycles. The number of fused-ring (bicyclic) bond motifs is 1. The van der Waals surface area contributed by atoms with E-state index in [2.05, 4.69) is 27.0 Å². The summed E-state index contributed by atoms with van der Waals surface area (Å²) < 4.78 is 11.6. The van der Waals surface area contributed by atoms with Gasteiger partial charge in [0.25, 0.3) is 5.91 Å². The Morgan fingerprint density at radius 3 is 2.47 bits per heavy atom. The Labute approximate surface area is 231 Å². The van der Waals surface area contributed by atoms with Gasteiger partial charge in [0, 0.05) is 59.4 Å². The minimum atomic E-state index is -0.217. The van der Waals surface area contributed by atoms with Crippen LogP contribution in [0.5, 0.6) is 5.75 Å². The van der Waals surface area contributed by atoms with E-state index in [-0.39, 0.29) is 18.4 Å². The van der Waals surface area contributed by atoms with Crippen molar-refractivity contribution in [3.05, 3.63) is 100 Å². The molecule has 198 valence electrons. The van der Waals surface area contributed by atoms with Gasteiger partial charge < -0.3 is 24.3 Å². The molecule has 4 aromatic rings. The van der Waals surface area contributed by atoms with E-state index in [0.29, 0.717) is 38.2 Å². The number of carbonyl (C=O) groups excluding carboxylic acids is 2. The molecule has 0 aliphatic rings. The summed E-state index contributed by atoms with van der Waals surface area (Å²) in [6.07, 6.45) is 2.67. The van der Waals surface area contributed by atoms with Crippen LogP contribution in [-0.2, 0) is 22.5 Å². The lowest BCUT2D eigenvalue weighted by Gasteiger charge is -2.28. The molecule has 0 radical (unpaired) electrons. The van der Waals surface area contributed by atoms with Gasteiger partial charge in [-0.15, -0.1) is 0 Å². The highest BCUT2D eigenvalue weighted by molar-refractivity contribution is 9.10. The third kappa shape index (κ3) is 6.82. The molecule has 38 heavy (non-hydrogen) atoms. The zero-order valence-corrected chi connectivity index (χ0v) is 23.2. The molecule has 0 spiro atoms. The molecule has 1 aromatic heterocycles. The maximum absolute atomic E-state index is 13.8. The van der Waals surface area contributed by atoms with Crippen molar-refractivity contribution in [3.8, 4) is 5.75 Å². The van der Waals surface area contributed by atoms with Crippen molar-refractivity contribution in [1.29, 1.82) is 0 Å². The number of halogens is 1. The van der Waals surface area contributed by atoms with Crippen molar-refractivity contribution in [3.63, 3.8) is 0 Å². The van der Waals surface area contributed by atoms with Gasteiger partial charge in [-0.25, -0.2) is 0 Å². The molecule has 1 heterocycles. The standard InChI is InChI=1S/C30H32BrN3O4/c1-37-17-16-34(30(36)22-9-7-10-25(31)18-22)21-29(35)33(20-24-8-3-6-13-28(24)38-2)15-14-23-19-32-27-12-5-4-11-26(23)27/h3-13,18-19,32H,14-17,20-21H2,1-2H3. The Bertz CT molecular complexity index is 1390. The maximum atomic E-state index is 13.8. The summed E-state index contributed by atoms with van der Waals surface area (Å²) in [6.45, 7) is 1.43. The fourth-order valence-electron chi connectivity index (χ4n) is 4.45. The van der Waals surface area contributed by atoms with Crippen LogP contribution in [0.2, 0.25) is 0 Å². The van der Waals surface area contributed by atoms with E-state index in [1.807, 2.05) is 60.8 Å². The minimum Gasteiger partial charge on any atom is -0.496 e. The van der Waals surface area contributed by atoms with Crippen LogP contribution in [0.4, 0.5) is 0 Å². The lowest BCUT2D eigenvalue weighted by molar-refractivity contribution is -0.132. The Balaban J connectivity index is 1.57. The number of aromatic nitrogens is 1. The van der Waals surface area contributed by atoms with Crippen molar-refractivity contribution >= 4 is 38.6 Å². The highest BCUT2D eigenvalue weighted by Crippen LogP contribution is 2.22. The number of para-hydroxylation sites is 2. The molecule has 0 bridgehead atoms. The van der Waals surface area contributed by atoms with Gasteiger partial charge in [-0.3, -0.25) is 9.59 Å². The number of H-pyrrole nitrogens is 1. The first-order valence-corrected chi connectivity index (χ1v) is 13.3. The van der Waals surface area contributed by atoms with Crippen LogP contribution in [0.3, 0.4) is 0 Å². The van der Waals surface area contributed by atoms with Gasteiger partial charge in [-0.1, -0.05) is 58.4 Å². The normalized spacial score (nSPS) is 10.9. The summed E-state index contributed by atoms with van der Waals surface area (Å²) in [5.41, 5.74) is 3.62. The second kappa shape index (κ2) is 13.3. The Kier molecular flexibility index (Phi) is 9.56. The first-order chi connectivity index (χ1) is 18.5. The summed E-state index contributed by atoms with van der Waals surface area (Å²) in [6, 6.07) is 23.0. The lowest BCUT2D eigenvalue weighted by atomic mass is 10.1. The SMILES string of the molecule is COCCN(CC(=O)N(CCc1c[nH]c2ccccc12)Cc1ccccc1OC)C(=O)c1cccc(Br)c1. The molecular formula is C30H32BrN3O4. The van der Waals surface area contributed by atoms with Crippen LogP contribution in [0.15, 0.2) is 83.5 Å². The third-order valence-electron chi connectivity index (χ3n) is 6.48. The topological polar surface area (TPSA) is 74.9 Å². The number of nitrogens with zero attached hydrogens (tertiary/aromatic N) is 2. The highest BCUT2D eigenvalue weighted by atomic mass is 79.9. The molecule has 4 rings (SSSR count). The summed E-state index contributed by atoms with van der Waals surface area (Å²) in [5.74, 6) is 0.361. The van der Waals surface area contributed by atoms with Crippen LogP contribution in [-0.4, -0.2) is 67.1 Å². The van der Waals surface area contributed by atoms with Gasteiger partial charge in [0.2, 0.25) is 5.91 Å². The molecule has 8 heteroatoms. The van der Waals surface area contributed by atoms with Gasteiger partial charge in [0.1, 0.15) is 12.3 Å². The van der Waals surface area contributed by atoms with Crippen LogP contribution in [0, 0.1) is 0 Å². The van der Waals surface area contributed by atoms with Crippen molar-refractivity contribution < 1.29 is 19.1 Å². The number of benzene rings is 3. The molecule has 7 nitrogen and oxygen atoms in total. The second-order valence-electron chi connectivity index (χ2n) is 8.97. The number of nitrogens with one attached hydrogen (secondary N) is 1. The van der Waals surface area contributed by atoms with Crippen LogP contribution < -0.4 is 4.74 Å². The van der Waals surface area contributed by atoms with Crippen molar-refractivity contribution in [1.82, 2.24) is 14.8 Å². The summed E-state index contributed by atoms with van der Waals surface area (Å²) >= 11 is 3.43. The average Bonchev–Trinajstić information content (AvgIpc) is 3.36. The Hall–Kier alpha value is -3.62. The van der Waals surface area contributed by atoms with E-state index in [1.54, 1.807) is 36.2 Å². The number of rotatable bonds is 12. The quantitative estimate of drug-likeness (QED) is 0.248. The van der Waals surface area contributed by atoms with E-state index in [4.69, 9.17) is 9.47 Å². The van der Waals surface area contributed by atoms with E-state index in [0.717, 1.165) is 32.3 Å². The molecule has 1 N–H and O–H groups in total. The third-order valence-corrected chi connectivity index (χ3v) is 6.98. The predicted octanol–water partition coefficient (Wildman–Crippen LogP) is 5.30. The second-order valence-corrected chi connectivity index (χ2v) is 9.88. The number of aromatic amines is 1. The van der Waals surface area contributed by atoms with Crippen LogP contribution in [0.25, 0.3) is 10.9 Å². The van der Waals surface area contributed by atoms with Gasteiger partial charge in [-0.05, 0) is 42.3 Å². The largest absolute Gasteiger partial charge is 0.496 e. The molecular weight excluding hydrogens is 546 g/mol. The van der Waals surface area contributed by atoms with Gasteiger partial charge >= 0.3 is 0 Å². The molecule has 0 unspecified atom stereocenters. The highest BCUT2D eigenvalue weighted by Gasteiger charge is 2.23. The van der Waals surface area contributed by atoms with E-state index in [1.165, 1.54) is 0 Å². The van der Waals surface area contributed by atoms with Crippen molar-refractivity contribution in [2.24, 2.45) is 0 Å². The summed E-state index contributed by atoms with van der Waals surface area (Å²) in [5, 5.41) is 1.14. The Morgan fingerprint density at radius 2 is 1.68 bits per heavy atom. The van der Waals surface area contributed by atoms with Crippen LogP contribution >= 0.6 is 15.9 Å². The van der Waals surface area contributed by atoms with Crippen LogP contribution in [0.1, 0.15) is 21.5 Å². The smallest absolute Gasteiger partial charge is 0.254 e. The maximum Gasteiger partial charge on any atom is 0.254 e. The molecule has 0 atom stereocenters. The van der Waals surface area contributed by atoms with Gasteiger partial charge in [0.05, 0.1) is 13.7 Å². The molecule has 0 fully saturated rings. The first-order valence-electron chi connectivity index (χ1n) is 12.5. The Morgan fingerprint density at radius 1 is 0.895 bits per heavy atom. The predicted molar refractivity (Wildman–Crippen MR) is 152 cm³/mol. The molecule has 0 aliphatic carbocycles. The molecule has 0 aliphatic heterocycles. The number of carbonyl (C=O) groups is 2. The summed E-state index contributed by atoms with van der Waals surface area (Å²) in [7, 11) is 3.21. The number of hydrogen-bond donors (Lipinski definition) is 1. The first kappa shape index (κ1) is 27.4. The van der Waals surface area contributed by atoms with Gasteiger partial charge in [-0.2, -0.15) is 0 Å². The molecule has 0 saturated heterocycles. The fourth-order valence-corrected chi connectivity index (χ4v) is 4.85. The number of ether oxygens (including phenoxy) is 2. The molecule has 3 aromatic carbocycles. The van der Waals surface area contributed by atoms with Crippen molar-refractivity contribution in [2.75, 3.05) is 40.5 Å². The molecule has 2 amide bonds. The number of amides is 2. The zero-order valence-electron chi connectivity index (χ0n) is 21.7. The number of methoxy groups -OCH3 is 2. The zero-order chi connectivity index (χ0) is 26.9. The van der Waals surface area contributed by atoms with E-state index >= 15 is 0 Å². The van der Waals surface area contributed by atoms with Crippen molar-refractivity contribution in [2.45, 2.75) is 13.0 Å². The average molecular weight is 579 g/mol. The monoisotopic (exact) mass is 577 g/mol. The number of hydrogen-bond acceptors (Lipinski definition) is 4. The van der Waals surface area contributed by atoms with E-state index in [9.17, 15) is 9.59 Å². The van der Waals surface area contributed by atoms with E-state index < -0.39 is 0 Å². The minimum absolute atomic E-state index is 0.0578.